The monoisotopic (exact) mass is 660 g/mol. The zero-order chi connectivity index (χ0) is 34.6. The maximum absolute atomic E-state index is 14.7. The van der Waals surface area contributed by atoms with Crippen LogP contribution in [0.25, 0.3) is 0 Å². The predicted octanol–water partition coefficient (Wildman–Crippen LogP) is 1.15. The molecule has 1 unspecified atom stereocenters. The maximum atomic E-state index is 14.7. The van der Waals surface area contributed by atoms with Crippen molar-refractivity contribution < 1.29 is 47.0 Å². The molecule has 3 heterocycles. The normalized spacial score (nSPS) is 24.1. The summed E-state index contributed by atoms with van der Waals surface area (Å²) in [6.07, 6.45) is -1.73. The van der Waals surface area contributed by atoms with E-state index in [4.69, 9.17) is 0 Å². The highest BCUT2D eigenvalue weighted by Crippen LogP contribution is 2.23. The summed E-state index contributed by atoms with van der Waals surface area (Å²) in [5.74, 6) is -13.5. The predicted molar refractivity (Wildman–Crippen MR) is 156 cm³/mol. The number of hydrogen-bond donors (Lipinski definition) is 5. The molecule has 5 N–H and O–H groups in total. The van der Waals surface area contributed by atoms with Crippen LogP contribution in [0.3, 0.4) is 0 Å². The first-order chi connectivity index (χ1) is 22.2. The van der Waals surface area contributed by atoms with Crippen LogP contribution in [0, 0.1) is 29.4 Å². The highest BCUT2D eigenvalue weighted by atomic mass is 19.2. The van der Waals surface area contributed by atoms with E-state index in [1.54, 1.807) is 30.3 Å². The van der Waals surface area contributed by atoms with Crippen LogP contribution in [0.15, 0.2) is 48.7 Å². The Morgan fingerprint density at radius 1 is 0.936 bits per heavy atom. The van der Waals surface area contributed by atoms with Crippen molar-refractivity contribution in [3.8, 4) is 5.75 Å². The molecule has 1 fully saturated rings. The van der Waals surface area contributed by atoms with Crippen molar-refractivity contribution in [2.45, 2.75) is 57.0 Å². The van der Waals surface area contributed by atoms with E-state index in [1.165, 1.54) is 39.2 Å². The molecule has 4 rings (SSSR count). The van der Waals surface area contributed by atoms with Gasteiger partial charge in [0.2, 0.25) is 29.5 Å². The third-order valence-electron chi connectivity index (χ3n) is 7.98. The molecule has 16 heteroatoms. The maximum Gasteiger partial charge on any atom is 0.274 e. The molecule has 1 saturated heterocycles. The fourth-order valence-electron chi connectivity index (χ4n) is 5.25. The summed E-state index contributed by atoms with van der Waals surface area (Å²) < 4.78 is 57.0. The van der Waals surface area contributed by atoms with Crippen LogP contribution < -0.4 is 16.0 Å². The summed E-state index contributed by atoms with van der Waals surface area (Å²) >= 11 is 0. The smallest absolute Gasteiger partial charge is 0.274 e. The second kappa shape index (κ2) is 14.5. The van der Waals surface area contributed by atoms with E-state index in [0.717, 1.165) is 4.90 Å². The number of pyridine rings is 2. The van der Waals surface area contributed by atoms with Crippen LogP contribution >= 0.6 is 0 Å². The number of aliphatic hydroxyl groups is 1. The molecule has 0 bridgehead atoms. The molecule has 2 aromatic heterocycles. The SMILES string of the molecule is C[C@H]1NC(=O)C(Cc2ccccc2)N(C)C(=O)[C@H](C)[C@H](O)[C@H](Cc2c(F)nc(F)c(F)c2F)NC(=O)[C@H]1NC(=O)c1ncccc1O. The molecule has 4 amide bonds. The lowest BCUT2D eigenvalue weighted by Gasteiger charge is -2.37. The number of nitrogens with one attached hydrogen (secondary N) is 3. The molecule has 1 aliphatic heterocycles. The first-order valence-corrected chi connectivity index (χ1v) is 14.4. The molecule has 47 heavy (non-hydrogen) atoms. The van der Waals surface area contributed by atoms with Crippen LogP contribution in [0.5, 0.6) is 5.75 Å². The zero-order valence-electron chi connectivity index (χ0n) is 25.4. The van der Waals surface area contributed by atoms with Crippen molar-refractivity contribution >= 4 is 23.6 Å². The number of aliphatic hydroxyl groups excluding tert-OH is 1. The van der Waals surface area contributed by atoms with Gasteiger partial charge < -0.3 is 31.1 Å². The molecule has 3 aromatic rings. The Morgan fingerprint density at radius 2 is 1.62 bits per heavy atom. The van der Waals surface area contributed by atoms with Gasteiger partial charge in [0.1, 0.15) is 17.8 Å². The van der Waals surface area contributed by atoms with Crippen molar-refractivity contribution in [2.75, 3.05) is 7.05 Å². The van der Waals surface area contributed by atoms with Crippen molar-refractivity contribution in [2.24, 2.45) is 5.92 Å². The van der Waals surface area contributed by atoms with Gasteiger partial charge in [0.15, 0.2) is 11.5 Å². The van der Waals surface area contributed by atoms with E-state index >= 15 is 0 Å². The van der Waals surface area contributed by atoms with E-state index in [9.17, 15) is 47.0 Å². The largest absolute Gasteiger partial charge is 0.505 e. The van der Waals surface area contributed by atoms with Gasteiger partial charge in [-0.2, -0.15) is 18.2 Å². The van der Waals surface area contributed by atoms with E-state index in [0.29, 0.717) is 5.56 Å². The Balaban J connectivity index is 1.78. The average molecular weight is 661 g/mol. The lowest BCUT2D eigenvalue weighted by molar-refractivity contribution is -0.146. The molecular weight excluding hydrogens is 628 g/mol. The molecule has 12 nitrogen and oxygen atoms in total. The van der Waals surface area contributed by atoms with Gasteiger partial charge in [-0.15, -0.1) is 0 Å². The first kappa shape index (κ1) is 34.7. The molecular formula is C31H32F4N6O6. The minimum absolute atomic E-state index is 0.00411. The van der Waals surface area contributed by atoms with E-state index in [-0.39, 0.29) is 6.42 Å². The van der Waals surface area contributed by atoms with Crippen LogP contribution in [0.4, 0.5) is 17.6 Å². The van der Waals surface area contributed by atoms with Gasteiger partial charge in [-0.3, -0.25) is 19.2 Å². The fourth-order valence-corrected chi connectivity index (χ4v) is 5.25. The molecule has 0 saturated carbocycles. The van der Waals surface area contributed by atoms with E-state index in [2.05, 4.69) is 25.9 Å². The van der Waals surface area contributed by atoms with Crippen LogP contribution in [0.2, 0.25) is 0 Å². The number of amides is 4. The van der Waals surface area contributed by atoms with Crippen molar-refractivity contribution in [1.29, 1.82) is 0 Å². The van der Waals surface area contributed by atoms with E-state index < -0.39 is 107 Å². The van der Waals surface area contributed by atoms with Gasteiger partial charge >= 0.3 is 0 Å². The second-order valence-corrected chi connectivity index (χ2v) is 11.2. The molecule has 6 atom stereocenters. The summed E-state index contributed by atoms with van der Waals surface area (Å²) in [4.78, 5) is 61.7. The summed E-state index contributed by atoms with van der Waals surface area (Å²) in [6, 6.07) is 5.27. The van der Waals surface area contributed by atoms with Crippen molar-refractivity contribution in [3.05, 3.63) is 89.0 Å². The minimum Gasteiger partial charge on any atom is -0.505 e. The standard InChI is InChI=1S/C31H32F4N6O6/c1-14-25(43)18(13-17-21(32)22(33)27(35)40-26(17)34)38-29(45)23(39-30(46)24-20(42)10-7-11-36-24)15(2)37-28(44)19(41(3)31(14)47)12-16-8-5-4-6-9-16/h4-11,14-15,18-19,23,25,42-43H,12-13H2,1-3H3,(H,37,44)(H,38,45)(H,39,46)/t14-,15-,18+,19?,23+,25+/m1/s1. The minimum atomic E-state index is -2.10. The number of rotatable bonds is 6. The molecule has 1 aliphatic rings. The highest BCUT2D eigenvalue weighted by Gasteiger charge is 2.41. The Bertz CT molecular complexity index is 1660. The molecule has 1 aromatic carbocycles. The van der Waals surface area contributed by atoms with Crippen molar-refractivity contribution in [3.63, 3.8) is 0 Å². The fraction of sp³-hybridized carbons (Fsp3) is 0.355. The number of aromatic nitrogens is 2. The van der Waals surface area contributed by atoms with Crippen LogP contribution in [-0.2, 0) is 27.2 Å². The number of aromatic hydroxyl groups is 1. The Morgan fingerprint density at radius 3 is 2.28 bits per heavy atom. The number of nitrogens with zero attached hydrogens (tertiary/aromatic N) is 3. The molecule has 250 valence electrons. The topological polar surface area (TPSA) is 174 Å². The van der Waals surface area contributed by atoms with Gasteiger partial charge in [0.25, 0.3) is 11.9 Å². The Kier molecular flexibility index (Phi) is 10.7. The summed E-state index contributed by atoms with van der Waals surface area (Å²) in [5, 5.41) is 28.8. The third kappa shape index (κ3) is 7.65. The van der Waals surface area contributed by atoms with E-state index in [1.807, 2.05) is 0 Å². The summed E-state index contributed by atoms with van der Waals surface area (Å²) in [6.45, 7) is 2.59. The van der Waals surface area contributed by atoms with Gasteiger partial charge in [-0.25, -0.2) is 9.37 Å². The average Bonchev–Trinajstić information content (AvgIpc) is 3.05. The lowest BCUT2D eigenvalue weighted by Crippen LogP contribution is -2.64. The van der Waals surface area contributed by atoms with Crippen molar-refractivity contribution in [1.82, 2.24) is 30.8 Å². The first-order valence-electron chi connectivity index (χ1n) is 14.4. The second-order valence-electron chi connectivity index (χ2n) is 11.2. The Labute approximate surface area is 266 Å². The number of benzene rings is 1. The van der Waals surface area contributed by atoms with Gasteiger partial charge in [0.05, 0.1) is 24.1 Å². The number of halogens is 4. The van der Waals surface area contributed by atoms with Gasteiger partial charge in [-0.05, 0) is 24.6 Å². The summed E-state index contributed by atoms with van der Waals surface area (Å²) in [5.41, 5.74) is -0.946. The number of hydrogen-bond acceptors (Lipinski definition) is 8. The Hall–Kier alpha value is -5.12. The number of likely N-dealkylation sites (N-methyl/N-ethyl adjacent to an activating group) is 1. The van der Waals surface area contributed by atoms with Gasteiger partial charge in [0, 0.05) is 31.6 Å². The lowest BCUT2D eigenvalue weighted by atomic mass is 9.90. The van der Waals surface area contributed by atoms with Crippen LogP contribution in [-0.4, -0.2) is 86.0 Å². The zero-order valence-corrected chi connectivity index (χ0v) is 25.4. The van der Waals surface area contributed by atoms with Gasteiger partial charge in [-0.1, -0.05) is 37.3 Å². The number of carbonyl (C=O) groups excluding carboxylic acids is 4. The van der Waals surface area contributed by atoms with Crippen LogP contribution in [0.1, 0.15) is 35.5 Å². The molecule has 0 radical (unpaired) electrons. The quantitative estimate of drug-likeness (QED) is 0.194. The molecule has 0 spiro atoms. The molecule has 0 aliphatic carbocycles. The number of carbonyl (C=O) groups is 4. The summed E-state index contributed by atoms with van der Waals surface area (Å²) in [7, 11) is 1.31. The highest BCUT2D eigenvalue weighted by molar-refractivity contribution is 5.98. The third-order valence-corrected chi connectivity index (χ3v) is 7.98.